The molecule has 0 aliphatic carbocycles. The van der Waals surface area contributed by atoms with Gasteiger partial charge in [-0.1, -0.05) is 15.9 Å². The molecule has 0 bridgehead atoms. The van der Waals surface area contributed by atoms with Gasteiger partial charge in [-0.25, -0.2) is 8.42 Å². The van der Waals surface area contributed by atoms with Crippen molar-refractivity contribution in [3.63, 3.8) is 0 Å². The van der Waals surface area contributed by atoms with E-state index in [4.69, 9.17) is 11.6 Å². The van der Waals surface area contributed by atoms with E-state index < -0.39 is 9.84 Å². The molecule has 1 aliphatic rings. The average Bonchev–Trinajstić information content (AvgIpc) is 2.32. The normalized spacial score (nSPS) is 21.1. The van der Waals surface area contributed by atoms with Crippen molar-refractivity contribution in [1.82, 2.24) is 5.32 Å². The van der Waals surface area contributed by atoms with Crippen LogP contribution in [0.1, 0.15) is 18.0 Å². The summed E-state index contributed by atoms with van der Waals surface area (Å²) in [6.45, 7) is 0. The Morgan fingerprint density at radius 3 is 2.89 bits per heavy atom. The number of nitrogens with one attached hydrogen (secondary N) is 1. The molecule has 1 amide bonds. The summed E-state index contributed by atoms with van der Waals surface area (Å²) in [5.74, 6) is -0.395. The van der Waals surface area contributed by atoms with Crippen LogP contribution in [-0.2, 0) is 14.6 Å². The number of alkyl halides is 1. The van der Waals surface area contributed by atoms with Gasteiger partial charge in [0.15, 0.2) is 9.84 Å². The van der Waals surface area contributed by atoms with E-state index in [-0.39, 0.29) is 28.5 Å². The summed E-state index contributed by atoms with van der Waals surface area (Å²) in [5.41, 5.74) is 0.620. The standard InChI is InChI=1S/C11H11BrClNO3S/c12-7-1-2-10-8(5-7)9(14-11(15)6-13)3-4-18(10,16)17/h1-2,5,9H,3-4,6H2,(H,14,15). The van der Waals surface area contributed by atoms with Crippen LogP contribution in [0.5, 0.6) is 0 Å². The highest BCUT2D eigenvalue weighted by atomic mass is 79.9. The van der Waals surface area contributed by atoms with E-state index in [2.05, 4.69) is 21.2 Å². The molecule has 98 valence electrons. The highest BCUT2D eigenvalue weighted by molar-refractivity contribution is 9.10. The highest BCUT2D eigenvalue weighted by Crippen LogP contribution is 2.33. The molecule has 0 radical (unpaired) electrons. The van der Waals surface area contributed by atoms with E-state index >= 15 is 0 Å². The molecule has 1 N–H and O–H groups in total. The van der Waals surface area contributed by atoms with Gasteiger partial charge in [-0.05, 0) is 30.2 Å². The summed E-state index contributed by atoms with van der Waals surface area (Å²) in [7, 11) is -3.24. The van der Waals surface area contributed by atoms with Gasteiger partial charge in [-0.15, -0.1) is 11.6 Å². The fourth-order valence-electron chi connectivity index (χ4n) is 2.00. The Labute approximate surface area is 119 Å². The number of sulfone groups is 1. The minimum Gasteiger partial charge on any atom is -0.348 e. The van der Waals surface area contributed by atoms with Gasteiger partial charge in [-0.3, -0.25) is 4.79 Å². The van der Waals surface area contributed by atoms with Crippen LogP contribution in [0, 0.1) is 0 Å². The molecule has 1 unspecified atom stereocenters. The van der Waals surface area contributed by atoms with Gasteiger partial charge in [-0.2, -0.15) is 0 Å². The number of hydrogen-bond acceptors (Lipinski definition) is 3. The third-order valence-electron chi connectivity index (χ3n) is 2.81. The zero-order valence-corrected chi connectivity index (χ0v) is 12.5. The SMILES string of the molecule is O=C(CCl)NC1CCS(=O)(=O)c2ccc(Br)cc21. The predicted molar refractivity (Wildman–Crippen MR) is 72.4 cm³/mol. The summed E-state index contributed by atoms with van der Waals surface area (Å²) in [4.78, 5) is 11.6. The second-order valence-electron chi connectivity index (χ2n) is 4.04. The van der Waals surface area contributed by atoms with Crippen molar-refractivity contribution >= 4 is 43.3 Å². The van der Waals surface area contributed by atoms with E-state index in [1.165, 1.54) is 0 Å². The van der Waals surface area contributed by atoms with Gasteiger partial charge in [0.2, 0.25) is 5.91 Å². The largest absolute Gasteiger partial charge is 0.348 e. The molecule has 1 heterocycles. The Morgan fingerprint density at radius 1 is 1.50 bits per heavy atom. The average molecular weight is 353 g/mol. The summed E-state index contributed by atoms with van der Waals surface area (Å²) in [6.07, 6.45) is 0.369. The zero-order valence-electron chi connectivity index (χ0n) is 9.32. The van der Waals surface area contributed by atoms with Gasteiger partial charge in [0, 0.05) is 4.47 Å². The molecule has 1 aromatic rings. The van der Waals surface area contributed by atoms with Crippen molar-refractivity contribution in [3.8, 4) is 0 Å². The molecular weight excluding hydrogens is 342 g/mol. The number of carbonyl (C=O) groups is 1. The minimum atomic E-state index is -3.24. The summed E-state index contributed by atoms with van der Waals surface area (Å²) in [5, 5.41) is 2.73. The molecule has 1 aromatic carbocycles. The zero-order chi connectivity index (χ0) is 13.3. The maximum Gasteiger partial charge on any atom is 0.235 e. The van der Waals surface area contributed by atoms with Crippen molar-refractivity contribution in [2.45, 2.75) is 17.4 Å². The van der Waals surface area contributed by atoms with E-state index in [1.807, 2.05) is 0 Å². The summed E-state index contributed by atoms with van der Waals surface area (Å²) < 4.78 is 24.6. The number of carbonyl (C=O) groups excluding carboxylic acids is 1. The van der Waals surface area contributed by atoms with Crippen LogP contribution in [-0.4, -0.2) is 26.0 Å². The molecule has 0 spiro atoms. The van der Waals surface area contributed by atoms with Gasteiger partial charge >= 0.3 is 0 Å². The Kier molecular flexibility index (Phi) is 3.99. The molecular formula is C11H11BrClNO3S. The van der Waals surface area contributed by atoms with Crippen LogP contribution in [0.25, 0.3) is 0 Å². The second-order valence-corrected chi connectivity index (χ2v) is 7.30. The number of fused-ring (bicyclic) bond motifs is 1. The summed E-state index contributed by atoms with van der Waals surface area (Å²) in [6, 6.07) is 4.67. The van der Waals surface area contributed by atoms with E-state index in [0.717, 1.165) is 4.47 Å². The number of amides is 1. The lowest BCUT2D eigenvalue weighted by molar-refractivity contribution is -0.119. The summed E-state index contributed by atoms with van der Waals surface area (Å²) >= 11 is 8.75. The third kappa shape index (κ3) is 2.70. The van der Waals surface area contributed by atoms with Crippen molar-refractivity contribution in [1.29, 1.82) is 0 Å². The first kappa shape index (κ1) is 13.8. The lowest BCUT2D eigenvalue weighted by Crippen LogP contribution is -2.34. The van der Waals surface area contributed by atoms with Gasteiger partial charge in [0.1, 0.15) is 5.88 Å². The topological polar surface area (TPSA) is 63.2 Å². The molecule has 0 saturated heterocycles. The fraction of sp³-hybridized carbons (Fsp3) is 0.364. The molecule has 1 atom stereocenters. The van der Waals surface area contributed by atoms with Gasteiger partial charge in [0.25, 0.3) is 0 Å². The fourth-order valence-corrected chi connectivity index (χ4v) is 4.05. The first-order valence-electron chi connectivity index (χ1n) is 5.31. The molecule has 4 nitrogen and oxygen atoms in total. The lowest BCUT2D eigenvalue weighted by Gasteiger charge is -2.26. The lowest BCUT2D eigenvalue weighted by atomic mass is 10.0. The van der Waals surface area contributed by atoms with Crippen LogP contribution in [0.15, 0.2) is 27.6 Å². The van der Waals surface area contributed by atoms with E-state index in [1.54, 1.807) is 18.2 Å². The molecule has 0 saturated carbocycles. The second kappa shape index (κ2) is 5.19. The van der Waals surface area contributed by atoms with Crippen molar-refractivity contribution < 1.29 is 13.2 Å². The van der Waals surface area contributed by atoms with Crippen LogP contribution >= 0.6 is 27.5 Å². The number of halogens is 2. The smallest absolute Gasteiger partial charge is 0.235 e. The Morgan fingerprint density at radius 2 is 2.22 bits per heavy atom. The maximum atomic E-state index is 11.9. The molecule has 0 aromatic heterocycles. The molecule has 0 fully saturated rings. The number of hydrogen-bond donors (Lipinski definition) is 1. The monoisotopic (exact) mass is 351 g/mol. The molecule has 18 heavy (non-hydrogen) atoms. The third-order valence-corrected chi connectivity index (χ3v) is 5.37. The van der Waals surface area contributed by atoms with Crippen LogP contribution in [0.4, 0.5) is 0 Å². The predicted octanol–water partition coefficient (Wildman–Crippen LogP) is 2.02. The Hall–Kier alpha value is -0.590. The highest BCUT2D eigenvalue weighted by Gasteiger charge is 2.31. The quantitative estimate of drug-likeness (QED) is 0.828. The van der Waals surface area contributed by atoms with E-state index in [9.17, 15) is 13.2 Å². The Bertz CT molecular complexity index is 588. The Balaban J connectivity index is 2.44. The first-order valence-corrected chi connectivity index (χ1v) is 8.29. The molecule has 2 rings (SSSR count). The van der Waals surface area contributed by atoms with E-state index in [0.29, 0.717) is 12.0 Å². The molecule has 7 heteroatoms. The van der Waals surface area contributed by atoms with Crippen molar-refractivity contribution in [2.75, 3.05) is 11.6 Å². The van der Waals surface area contributed by atoms with Gasteiger partial charge in [0.05, 0.1) is 16.7 Å². The molecule has 1 aliphatic heterocycles. The maximum absolute atomic E-state index is 11.9. The first-order chi connectivity index (χ1) is 8.44. The van der Waals surface area contributed by atoms with Crippen LogP contribution < -0.4 is 5.32 Å². The minimum absolute atomic E-state index is 0.0366. The van der Waals surface area contributed by atoms with Crippen molar-refractivity contribution in [2.24, 2.45) is 0 Å². The van der Waals surface area contributed by atoms with Gasteiger partial charge < -0.3 is 5.32 Å². The van der Waals surface area contributed by atoms with Crippen LogP contribution in [0.3, 0.4) is 0 Å². The number of benzene rings is 1. The van der Waals surface area contributed by atoms with Crippen LogP contribution in [0.2, 0.25) is 0 Å². The number of rotatable bonds is 2. The van der Waals surface area contributed by atoms with Crippen molar-refractivity contribution in [3.05, 3.63) is 28.2 Å².